The molecule has 1 amide bonds. The molecule has 1 unspecified atom stereocenters. The zero-order chi connectivity index (χ0) is 12.8. The number of carbonyl (C=O) groups excluding carboxylic acids is 1. The Balaban J connectivity index is 2.47. The van der Waals surface area contributed by atoms with Crippen LogP contribution in [-0.4, -0.2) is 47.6 Å². The fourth-order valence-electron chi connectivity index (χ4n) is 1.73. The van der Waals surface area contributed by atoms with Crippen LogP contribution in [-0.2, 0) is 9.59 Å². The standard InChI is InChI=1S/C12H22N2O3/c1-3-6-13-12(17)9(2)14(8-11(15)16)7-10-4-5-10/h9-10H,3-8H2,1-2H3,(H,13,17)(H,15,16). The van der Waals surface area contributed by atoms with E-state index >= 15 is 0 Å². The largest absolute Gasteiger partial charge is 0.480 e. The van der Waals surface area contributed by atoms with Crippen LogP contribution in [0.2, 0.25) is 0 Å². The molecule has 0 aromatic heterocycles. The molecule has 5 heteroatoms. The summed E-state index contributed by atoms with van der Waals surface area (Å²) in [4.78, 5) is 24.3. The molecule has 1 rings (SSSR count). The summed E-state index contributed by atoms with van der Waals surface area (Å²) < 4.78 is 0. The van der Waals surface area contributed by atoms with Crippen LogP contribution in [0.4, 0.5) is 0 Å². The summed E-state index contributed by atoms with van der Waals surface area (Å²) >= 11 is 0. The molecule has 1 fully saturated rings. The van der Waals surface area contributed by atoms with E-state index in [1.807, 2.05) is 6.92 Å². The Labute approximate surface area is 102 Å². The van der Waals surface area contributed by atoms with Gasteiger partial charge in [0.25, 0.3) is 0 Å². The Bertz CT molecular complexity index is 277. The van der Waals surface area contributed by atoms with Crippen LogP contribution in [0, 0.1) is 5.92 Å². The fraction of sp³-hybridized carbons (Fsp3) is 0.833. The summed E-state index contributed by atoms with van der Waals surface area (Å²) in [6.07, 6.45) is 3.19. The minimum absolute atomic E-state index is 0.0583. The number of carbonyl (C=O) groups is 2. The Morgan fingerprint density at radius 2 is 2.12 bits per heavy atom. The summed E-state index contributed by atoms with van der Waals surface area (Å²) in [5, 5.41) is 11.7. The normalized spacial score (nSPS) is 16.9. The summed E-state index contributed by atoms with van der Waals surface area (Å²) in [6.45, 7) is 5.07. The monoisotopic (exact) mass is 242 g/mol. The molecule has 0 radical (unpaired) electrons. The molecule has 5 nitrogen and oxygen atoms in total. The van der Waals surface area contributed by atoms with E-state index in [2.05, 4.69) is 5.32 Å². The van der Waals surface area contributed by atoms with Gasteiger partial charge in [-0.25, -0.2) is 0 Å². The molecule has 98 valence electrons. The second-order valence-electron chi connectivity index (χ2n) is 4.73. The Morgan fingerprint density at radius 1 is 1.47 bits per heavy atom. The van der Waals surface area contributed by atoms with Crippen LogP contribution in [0.3, 0.4) is 0 Å². The van der Waals surface area contributed by atoms with E-state index in [1.54, 1.807) is 11.8 Å². The smallest absolute Gasteiger partial charge is 0.317 e. The SMILES string of the molecule is CCCNC(=O)C(C)N(CC(=O)O)CC1CC1. The Kier molecular flexibility index (Phi) is 5.41. The molecule has 1 aliphatic rings. The molecule has 0 aromatic rings. The van der Waals surface area contributed by atoms with E-state index in [-0.39, 0.29) is 18.5 Å². The molecule has 0 bridgehead atoms. The highest BCUT2D eigenvalue weighted by atomic mass is 16.4. The molecular weight excluding hydrogens is 220 g/mol. The van der Waals surface area contributed by atoms with Crippen molar-refractivity contribution < 1.29 is 14.7 Å². The lowest BCUT2D eigenvalue weighted by Crippen LogP contribution is -2.48. The highest BCUT2D eigenvalue weighted by Gasteiger charge is 2.30. The van der Waals surface area contributed by atoms with Gasteiger partial charge >= 0.3 is 5.97 Å². The zero-order valence-corrected chi connectivity index (χ0v) is 10.6. The van der Waals surface area contributed by atoms with Gasteiger partial charge in [-0.05, 0) is 32.1 Å². The van der Waals surface area contributed by atoms with Crippen LogP contribution in [0.15, 0.2) is 0 Å². The topological polar surface area (TPSA) is 69.6 Å². The molecule has 1 saturated carbocycles. The van der Waals surface area contributed by atoms with Gasteiger partial charge in [-0.15, -0.1) is 0 Å². The van der Waals surface area contributed by atoms with Crippen molar-refractivity contribution in [2.45, 2.75) is 39.2 Å². The van der Waals surface area contributed by atoms with Crippen molar-refractivity contribution in [3.05, 3.63) is 0 Å². The van der Waals surface area contributed by atoms with Crippen molar-refractivity contribution in [1.29, 1.82) is 0 Å². The molecule has 0 aliphatic heterocycles. The van der Waals surface area contributed by atoms with Gasteiger partial charge < -0.3 is 10.4 Å². The summed E-state index contributed by atoms with van der Waals surface area (Å²) in [5.41, 5.74) is 0. The Morgan fingerprint density at radius 3 is 2.59 bits per heavy atom. The number of aliphatic carboxylic acids is 1. The first kappa shape index (κ1) is 14.0. The number of hydrogen-bond acceptors (Lipinski definition) is 3. The predicted molar refractivity (Wildman–Crippen MR) is 64.7 cm³/mol. The van der Waals surface area contributed by atoms with E-state index in [1.165, 1.54) is 0 Å². The first-order valence-electron chi connectivity index (χ1n) is 6.28. The third kappa shape index (κ3) is 5.17. The van der Waals surface area contributed by atoms with Gasteiger partial charge in [0.15, 0.2) is 0 Å². The van der Waals surface area contributed by atoms with Crippen LogP contribution in [0.25, 0.3) is 0 Å². The minimum atomic E-state index is -0.874. The summed E-state index contributed by atoms with van der Waals surface area (Å²) in [5.74, 6) is -0.370. The first-order valence-corrected chi connectivity index (χ1v) is 6.28. The van der Waals surface area contributed by atoms with E-state index in [9.17, 15) is 9.59 Å². The zero-order valence-electron chi connectivity index (χ0n) is 10.6. The number of carboxylic acids is 1. The minimum Gasteiger partial charge on any atom is -0.480 e. The maximum Gasteiger partial charge on any atom is 0.317 e. The van der Waals surface area contributed by atoms with Crippen molar-refractivity contribution >= 4 is 11.9 Å². The lowest BCUT2D eigenvalue weighted by atomic mass is 10.2. The molecule has 1 aliphatic carbocycles. The molecule has 17 heavy (non-hydrogen) atoms. The number of amides is 1. The average Bonchev–Trinajstić information content (AvgIpc) is 3.07. The third-order valence-electron chi connectivity index (χ3n) is 3.00. The molecule has 0 saturated heterocycles. The van der Waals surface area contributed by atoms with E-state index in [4.69, 9.17) is 5.11 Å². The lowest BCUT2D eigenvalue weighted by Gasteiger charge is -2.26. The molecule has 0 heterocycles. The van der Waals surface area contributed by atoms with Crippen molar-refractivity contribution in [2.24, 2.45) is 5.92 Å². The second-order valence-corrected chi connectivity index (χ2v) is 4.73. The van der Waals surface area contributed by atoms with Crippen LogP contribution in [0.1, 0.15) is 33.1 Å². The second kappa shape index (κ2) is 6.59. The molecule has 2 N–H and O–H groups in total. The van der Waals surface area contributed by atoms with Crippen LogP contribution >= 0.6 is 0 Å². The quantitative estimate of drug-likeness (QED) is 0.657. The first-order chi connectivity index (χ1) is 8.04. The van der Waals surface area contributed by atoms with Crippen LogP contribution < -0.4 is 5.32 Å². The van der Waals surface area contributed by atoms with Crippen molar-refractivity contribution in [3.8, 4) is 0 Å². The summed E-state index contributed by atoms with van der Waals surface area (Å²) in [6, 6.07) is -0.363. The van der Waals surface area contributed by atoms with Gasteiger partial charge in [0.2, 0.25) is 5.91 Å². The highest BCUT2D eigenvalue weighted by molar-refractivity contribution is 5.82. The highest BCUT2D eigenvalue weighted by Crippen LogP contribution is 2.30. The Hall–Kier alpha value is -1.10. The van der Waals surface area contributed by atoms with Gasteiger partial charge in [-0.3, -0.25) is 14.5 Å². The van der Waals surface area contributed by atoms with Crippen molar-refractivity contribution in [1.82, 2.24) is 10.2 Å². The van der Waals surface area contributed by atoms with Gasteiger partial charge in [0.05, 0.1) is 12.6 Å². The van der Waals surface area contributed by atoms with E-state index in [0.717, 1.165) is 19.3 Å². The number of rotatable bonds is 8. The van der Waals surface area contributed by atoms with E-state index < -0.39 is 5.97 Å². The van der Waals surface area contributed by atoms with Gasteiger partial charge in [0, 0.05) is 13.1 Å². The average molecular weight is 242 g/mol. The van der Waals surface area contributed by atoms with Gasteiger partial charge in [0.1, 0.15) is 0 Å². The van der Waals surface area contributed by atoms with Gasteiger partial charge in [-0.1, -0.05) is 6.92 Å². The van der Waals surface area contributed by atoms with Crippen molar-refractivity contribution in [3.63, 3.8) is 0 Å². The predicted octanol–water partition coefficient (Wildman–Crippen LogP) is 0.698. The lowest BCUT2D eigenvalue weighted by molar-refractivity contribution is -0.140. The molecule has 0 spiro atoms. The maximum atomic E-state index is 11.8. The van der Waals surface area contributed by atoms with Crippen molar-refractivity contribution in [2.75, 3.05) is 19.6 Å². The number of carboxylic acid groups (broad SMARTS) is 1. The maximum absolute atomic E-state index is 11.8. The number of nitrogens with one attached hydrogen (secondary N) is 1. The van der Waals surface area contributed by atoms with Gasteiger partial charge in [-0.2, -0.15) is 0 Å². The number of nitrogens with zero attached hydrogens (tertiary/aromatic N) is 1. The third-order valence-corrected chi connectivity index (χ3v) is 3.00. The molecule has 0 aromatic carbocycles. The van der Waals surface area contributed by atoms with Crippen LogP contribution in [0.5, 0.6) is 0 Å². The molecule has 1 atom stereocenters. The van der Waals surface area contributed by atoms with E-state index in [0.29, 0.717) is 19.0 Å². The fourth-order valence-corrected chi connectivity index (χ4v) is 1.73. The summed E-state index contributed by atoms with van der Waals surface area (Å²) in [7, 11) is 0. The number of hydrogen-bond donors (Lipinski definition) is 2. The molecular formula is C12H22N2O3.